The second kappa shape index (κ2) is 8.85. The Morgan fingerprint density at radius 1 is 1.31 bits per heavy atom. The van der Waals surface area contributed by atoms with Crippen molar-refractivity contribution in [3.8, 4) is 17.0 Å². The van der Waals surface area contributed by atoms with Crippen LogP contribution in [-0.2, 0) is 4.74 Å². The van der Waals surface area contributed by atoms with Gasteiger partial charge in [0.15, 0.2) is 11.4 Å². The number of ether oxygens (including phenoxy) is 2. The number of anilines is 1. The zero-order valence-corrected chi connectivity index (χ0v) is 15.2. The van der Waals surface area contributed by atoms with Gasteiger partial charge >= 0.3 is 5.97 Å². The van der Waals surface area contributed by atoms with Gasteiger partial charge in [-0.15, -0.1) is 0 Å². The number of halogens is 3. The zero-order valence-electron chi connectivity index (χ0n) is 14.3. The molecule has 2 N–H and O–H groups in total. The van der Waals surface area contributed by atoms with Crippen LogP contribution in [0.1, 0.15) is 23.0 Å². The van der Waals surface area contributed by atoms with Crippen LogP contribution in [0.5, 0.6) is 5.75 Å². The largest absolute Gasteiger partial charge is 0.488 e. The smallest absolute Gasteiger partial charge is 0.360 e. The molecule has 1 aromatic heterocycles. The molecular formula is C17H18F3N2O3P. The van der Waals surface area contributed by atoms with E-state index < -0.39 is 26.5 Å². The summed E-state index contributed by atoms with van der Waals surface area (Å²) in [5, 5.41) is 0. The van der Waals surface area contributed by atoms with Gasteiger partial charge in [-0.3, -0.25) is 0 Å². The van der Waals surface area contributed by atoms with E-state index in [0.717, 1.165) is 5.56 Å². The molecule has 0 saturated carbocycles. The highest BCUT2D eigenvalue weighted by molar-refractivity contribution is 7.46. The van der Waals surface area contributed by atoms with Crippen LogP contribution >= 0.6 is 8.54 Å². The first-order valence-corrected chi connectivity index (χ1v) is 9.10. The van der Waals surface area contributed by atoms with E-state index in [1.165, 1.54) is 18.2 Å². The van der Waals surface area contributed by atoms with E-state index in [-0.39, 0.29) is 41.6 Å². The van der Waals surface area contributed by atoms with Crippen LogP contribution in [0, 0.1) is 12.7 Å². The molecule has 26 heavy (non-hydrogen) atoms. The molecule has 0 spiro atoms. The van der Waals surface area contributed by atoms with Crippen LogP contribution < -0.4 is 10.5 Å². The number of aromatic nitrogens is 1. The quantitative estimate of drug-likeness (QED) is 0.557. The van der Waals surface area contributed by atoms with Gasteiger partial charge in [0, 0.05) is 5.56 Å². The molecule has 0 aliphatic rings. The van der Waals surface area contributed by atoms with Crippen LogP contribution in [0.3, 0.4) is 0 Å². The molecule has 0 bridgehead atoms. The summed E-state index contributed by atoms with van der Waals surface area (Å²) in [7, 11) is -3.14. The summed E-state index contributed by atoms with van der Waals surface area (Å²) in [5.74, 6) is -1.50. The summed E-state index contributed by atoms with van der Waals surface area (Å²) < 4.78 is 49.2. The van der Waals surface area contributed by atoms with Crippen molar-refractivity contribution in [1.29, 1.82) is 0 Å². The van der Waals surface area contributed by atoms with Gasteiger partial charge in [0.1, 0.15) is 5.82 Å². The summed E-state index contributed by atoms with van der Waals surface area (Å²) in [6.45, 7) is 3.09. The van der Waals surface area contributed by atoms with E-state index >= 15 is 0 Å². The highest BCUT2D eigenvalue weighted by Crippen LogP contribution is 2.38. The summed E-state index contributed by atoms with van der Waals surface area (Å²) in [6, 6.07) is 5.86. The van der Waals surface area contributed by atoms with Gasteiger partial charge in [0.2, 0.25) is 0 Å². The highest BCUT2D eigenvalue weighted by atomic mass is 31.2. The van der Waals surface area contributed by atoms with Gasteiger partial charge in [-0.2, -0.15) is 8.39 Å². The third-order valence-corrected chi connectivity index (χ3v) is 3.90. The Labute approximate surface area is 150 Å². The van der Waals surface area contributed by atoms with E-state index in [0.29, 0.717) is 0 Å². The fourth-order valence-electron chi connectivity index (χ4n) is 2.23. The lowest BCUT2D eigenvalue weighted by Gasteiger charge is -2.14. The predicted octanol–water partition coefficient (Wildman–Crippen LogP) is 4.58. The Morgan fingerprint density at radius 3 is 2.65 bits per heavy atom. The fraction of sp³-hybridized carbons (Fsp3) is 0.294. The molecule has 1 aromatic carbocycles. The number of hydrogen-bond donors (Lipinski definition) is 1. The van der Waals surface area contributed by atoms with Gasteiger partial charge < -0.3 is 15.2 Å². The second-order valence-corrected chi connectivity index (χ2v) is 6.41. The minimum absolute atomic E-state index is 0.0138. The monoisotopic (exact) mass is 386 g/mol. The number of esters is 1. The number of benzene rings is 1. The maximum atomic E-state index is 14.2. The lowest BCUT2D eigenvalue weighted by molar-refractivity contribution is 0.0515. The molecule has 140 valence electrons. The lowest BCUT2D eigenvalue weighted by atomic mass is 10.1. The Balaban J connectivity index is 2.48. The van der Waals surface area contributed by atoms with Crippen molar-refractivity contribution in [3.05, 3.63) is 41.3 Å². The predicted molar refractivity (Wildman–Crippen MR) is 94.2 cm³/mol. The highest BCUT2D eigenvalue weighted by Gasteiger charge is 2.22. The first kappa shape index (κ1) is 20.0. The Morgan fingerprint density at radius 2 is 2.04 bits per heavy atom. The van der Waals surface area contributed by atoms with Crippen molar-refractivity contribution in [2.45, 2.75) is 13.8 Å². The van der Waals surface area contributed by atoms with Crippen molar-refractivity contribution in [3.63, 3.8) is 0 Å². The average Bonchev–Trinajstić information content (AvgIpc) is 2.56. The molecule has 0 fully saturated rings. The summed E-state index contributed by atoms with van der Waals surface area (Å²) in [6.07, 6.45) is -0.467. The molecule has 5 nitrogen and oxygen atoms in total. The molecule has 0 aliphatic carbocycles. The van der Waals surface area contributed by atoms with Gasteiger partial charge in [-0.05, 0) is 37.6 Å². The molecule has 0 atom stereocenters. The molecule has 2 rings (SSSR count). The summed E-state index contributed by atoms with van der Waals surface area (Å²) >= 11 is 0. The molecule has 9 heteroatoms. The van der Waals surface area contributed by atoms with Crippen LogP contribution in [0.2, 0.25) is 0 Å². The van der Waals surface area contributed by atoms with Crippen LogP contribution in [0.25, 0.3) is 11.3 Å². The number of pyridine rings is 1. The molecule has 1 heterocycles. The van der Waals surface area contributed by atoms with Crippen LogP contribution in [0.15, 0.2) is 24.3 Å². The van der Waals surface area contributed by atoms with Crippen molar-refractivity contribution in [2.75, 3.05) is 25.1 Å². The van der Waals surface area contributed by atoms with Crippen molar-refractivity contribution >= 4 is 20.2 Å². The molecule has 0 radical (unpaired) electrons. The first-order valence-electron chi connectivity index (χ1n) is 7.79. The van der Waals surface area contributed by atoms with Crippen molar-refractivity contribution < 1.29 is 27.1 Å². The zero-order chi connectivity index (χ0) is 19.3. The Bertz CT molecular complexity index is 803. The summed E-state index contributed by atoms with van der Waals surface area (Å²) in [5.41, 5.74) is 6.61. The topological polar surface area (TPSA) is 74.4 Å². The Kier molecular flexibility index (Phi) is 6.80. The number of nitrogens with two attached hydrogens (primary N) is 1. The van der Waals surface area contributed by atoms with Gasteiger partial charge in [-0.25, -0.2) is 14.2 Å². The van der Waals surface area contributed by atoms with Crippen molar-refractivity contribution in [1.82, 2.24) is 4.98 Å². The van der Waals surface area contributed by atoms with E-state index in [1.807, 2.05) is 0 Å². The molecule has 0 saturated heterocycles. The third-order valence-electron chi connectivity index (χ3n) is 3.38. The number of nitrogen functional groups attached to an aromatic ring is 1. The van der Waals surface area contributed by atoms with Crippen LogP contribution in [-0.4, -0.2) is 30.3 Å². The normalized spacial score (nSPS) is 10.8. The van der Waals surface area contributed by atoms with Crippen LogP contribution in [0.4, 0.5) is 18.5 Å². The number of carbonyl (C=O) groups excluding carboxylic acids is 1. The number of carbonyl (C=O) groups is 1. The third kappa shape index (κ3) is 4.85. The number of nitrogens with zero attached hydrogens (tertiary/aromatic N) is 1. The summed E-state index contributed by atoms with van der Waals surface area (Å²) in [4.78, 5) is 16.3. The van der Waals surface area contributed by atoms with Gasteiger partial charge in [-0.1, -0.05) is 6.07 Å². The number of aryl methyl sites for hydroxylation is 1. The van der Waals surface area contributed by atoms with E-state index in [1.54, 1.807) is 19.9 Å². The van der Waals surface area contributed by atoms with Gasteiger partial charge in [0.25, 0.3) is 8.54 Å². The molecular weight excluding hydrogens is 368 g/mol. The SMILES string of the molecule is CCOC(=O)c1nc(-c2ccc(C)cc2F)cc(N)c1OCCP(F)F. The number of hydrogen-bond acceptors (Lipinski definition) is 5. The lowest BCUT2D eigenvalue weighted by Crippen LogP contribution is -2.14. The van der Waals surface area contributed by atoms with Gasteiger partial charge in [0.05, 0.1) is 30.8 Å². The second-order valence-electron chi connectivity index (χ2n) is 5.35. The van der Waals surface area contributed by atoms with E-state index in [9.17, 15) is 17.6 Å². The van der Waals surface area contributed by atoms with E-state index in [4.69, 9.17) is 15.2 Å². The fourth-order valence-corrected chi connectivity index (χ4v) is 2.45. The average molecular weight is 386 g/mol. The first-order chi connectivity index (χ1) is 12.3. The molecule has 0 amide bonds. The Hall–Kier alpha value is -2.34. The molecule has 0 unspecified atom stereocenters. The molecule has 2 aromatic rings. The minimum Gasteiger partial charge on any atom is -0.488 e. The van der Waals surface area contributed by atoms with Crippen molar-refractivity contribution in [2.24, 2.45) is 0 Å². The number of rotatable bonds is 7. The standard InChI is InChI=1S/C17H18F3N2O3P/c1-3-24-17(23)15-16(25-6-7-26(19)20)13(21)9-14(22-15)11-5-4-10(2)8-12(11)18/h4-5,8-9H,3,6-7H2,1-2H3,(H2,21,22). The molecule has 0 aliphatic heterocycles. The van der Waals surface area contributed by atoms with E-state index in [2.05, 4.69) is 4.98 Å². The maximum Gasteiger partial charge on any atom is 0.360 e. The maximum absolute atomic E-state index is 14.2. The minimum atomic E-state index is -3.14.